The largest absolute Gasteiger partial charge is 0.481 e. The van der Waals surface area contributed by atoms with E-state index in [1.807, 2.05) is 19.1 Å². The van der Waals surface area contributed by atoms with Gasteiger partial charge in [0, 0.05) is 30.9 Å². The van der Waals surface area contributed by atoms with Gasteiger partial charge in [0.1, 0.15) is 30.9 Å². The van der Waals surface area contributed by atoms with Crippen LogP contribution in [0.5, 0.6) is 0 Å². The number of unbranched alkanes of at least 4 members (excludes halogenated alkanes) is 9. The van der Waals surface area contributed by atoms with Gasteiger partial charge in [-0.1, -0.05) is 126 Å². The highest BCUT2D eigenvalue weighted by molar-refractivity contribution is 7.61. The van der Waals surface area contributed by atoms with E-state index < -0.39 is 127 Å². The molecule has 3 rings (SSSR count). The highest BCUT2D eigenvalue weighted by Gasteiger charge is 2.45. The summed E-state index contributed by atoms with van der Waals surface area (Å²) in [7, 11) is -11.3. The lowest BCUT2D eigenvalue weighted by molar-refractivity contribution is -0.194. The molecule has 21 nitrogen and oxygen atoms in total. The van der Waals surface area contributed by atoms with Gasteiger partial charge in [-0.15, -0.1) is 0 Å². The van der Waals surface area contributed by atoms with Crippen molar-refractivity contribution in [1.29, 1.82) is 0 Å². The molecule has 0 aromatic carbocycles. The molecule has 12 atom stereocenters. The van der Waals surface area contributed by atoms with Gasteiger partial charge in [-0.05, 0) is 57.4 Å². The number of allylic oxidation sites excluding steroid dienone is 7. The lowest BCUT2D eigenvalue weighted by atomic mass is 9.82. The Morgan fingerprint density at radius 1 is 0.836 bits per heavy atom. The number of rotatable bonds is 23. The standard InChI is InChI=1S/C50H81N3O18P2/c1-3-5-7-8-9-10-11-12-13-14-15-16-17-18-19-20-22-28-46(58)69-38-34-66-45(57)27-24-23-26-40-42(56)33-41(55)39(30-29-37(54)25-21-6-4-2)47(59)48(60)43(36-68-73(64,65)71-72(62,63)67-35-38)70-49(40)53-32-31-44(51)52-50(53)61/h12-13,15-16,18-19,23-24,29-32,37-43,47-49,54-56,59-60H,3-11,14,17,20-22,25-28,33-36H2,1-2H3,(H,62,63)(H,64,65)(H2,51,52,61)/b13-12-,16-15-,19-18-,24-23-,30-29?/t37-,38-,39+,40-,41-,42+,43-,47+,48-,49-/m1/s1. The van der Waals surface area contributed by atoms with Gasteiger partial charge in [-0.3, -0.25) is 23.2 Å². The van der Waals surface area contributed by atoms with Crippen LogP contribution in [0, 0.1) is 11.8 Å². The fourth-order valence-electron chi connectivity index (χ4n) is 8.05. The van der Waals surface area contributed by atoms with Gasteiger partial charge in [0.2, 0.25) is 0 Å². The molecule has 0 saturated carbocycles. The van der Waals surface area contributed by atoms with E-state index in [1.54, 1.807) is 0 Å². The molecule has 1 aromatic heterocycles. The lowest BCUT2D eigenvalue weighted by Crippen LogP contribution is -2.52. The van der Waals surface area contributed by atoms with Crippen LogP contribution in [0.2, 0.25) is 0 Å². The van der Waals surface area contributed by atoms with Crippen molar-refractivity contribution in [3.63, 3.8) is 0 Å². The summed E-state index contributed by atoms with van der Waals surface area (Å²) < 4.78 is 58.6. The summed E-state index contributed by atoms with van der Waals surface area (Å²) in [5, 5.41) is 57.3. The van der Waals surface area contributed by atoms with E-state index in [1.165, 1.54) is 68.9 Å². The molecule has 73 heavy (non-hydrogen) atoms. The highest BCUT2D eigenvalue weighted by Crippen LogP contribution is 2.60. The molecule has 0 amide bonds. The predicted molar refractivity (Wildman–Crippen MR) is 272 cm³/mol. The average molecular weight is 1070 g/mol. The maximum Gasteiger partial charge on any atom is 0.481 e. The molecule has 2 unspecified atom stereocenters. The number of esters is 2. The smallest absolute Gasteiger partial charge is 0.461 e. The monoisotopic (exact) mass is 1070 g/mol. The molecule has 0 radical (unpaired) electrons. The van der Waals surface area contributed by atoms with Gasteiger partial charge >= 0.3 is 33.3 Å². The number of aliphatic hydroxyl groups is 5. The third kappa shape index (κ3) is 25.6. The number of nitrogens with two attached hydrogens (primary N) is 1. The Morgan fingerprint density at radius 2 is 1.47 bits per heavy atom. The summed E-state index contributed by atoms with van der Waals surface area (Å²) in [6.07, 6.45) is 18.1. The highest BCUT2D eigenvalue weighted by atomic mass is 31.3. The number of nitrogens with zero attached hydrogens (tertiary/aromatic N) is 2. The number of aromatic nitrogens is 2. The number of hydrogen-bond acceptors (Lipinski definition) is 18. The number of aliphatic hydroxyl groups excluding tert-OH is 5. The van der Waals surface area contributed by atoms with Crippen LogP contribution in [0.1, 0.15) is 142 Å². The number of ether oxygens (including phenoxy) is 3. The number of carbonyl (C=O) groups is 2. The molecule has 2 aliphatic heterocycles. The predicted octanol–water partition coefficient (Wildman–Crippen LogP) is 6.71. The van der Waals surface area contributed by atoms with E-state index in [9.17, 15) is 58.8 Å². The van der Waals surface area contributed by atoms with Crippen LogP contribution in [-0.2, 0) is 46.3 Å². The quantitative estimate of drug-likeness (QED) is 0.0244. The molecule has 0 spiro atoms. The van der Waals surface area contributed by atoms with Gasteiger partial charge in [0.25, 0.3) is 0 Å². The number of cyclic esters (lactones) is 1. The molecule has 1 fully saturated rings. The van der Waals surface area contributed by atoms with Crippen molar-refractivity contribution in [3.8, 4) is 0 Å². The van der Waals surface area contributed by atoms with Crippen molar-refractivity contribution >= 4 is 33.4 Å². The molecular formula is C50H81N3O18P2. The van der Waals surface area contributed by atoms with Gasteiger partial charge in [-0.25, -0.2) is 13.9 Å². The number of hydrogen-bond donors (Lipinski definition) is 8. The molecule has 1 saturated heterocycles. The fourth-order valence-corrected chi connectivity index (χ4v) is 10.2. The summed E-state index contributed by atoms with van der Waals surface area (Å²) >= 11 is 0. The fraction of sp³-hybridized carbons (Fsp3) is 0.680. The van der Waals surface area contributed by atoms with Gasteiger partial charge in [0.05, 0.1) is 44.1 Å². The van der Waals surface area contributed by atoms with E-state index in [0.29, 0.717) is 32.1 Å². The van der Waals surface area contributed by atoms with Crippen LogP contribution < -0.4 is 11.4 Å². The number of phosphoric acid groups is 2. The van der Waals surface area contributed by atoms with Crippen molar-refractivity contribution < 1.29 is 81.6 Å². The van der Waals surface area contributed by atoms with Crippen LogP contribution >= 0.6 is 15.6 Å². The molecule has 1 aromatic rings. The Hall–Kier alpha value is -3.66. The van der Waals surface area contributed by atoms with E-state index >= 15 is 0 Å². The Kier molecular flexibility index (Phi) is 30.4. The summed E-state index contributed by atoms with van der Waals surface area (Å²) in [4.78, 5) is 64.2. The topological polar surface area (TPSA) is 326 Å². The minimum absolute atomic E-state index is 0.0882. The Morgan fingerprint density at radius 3 is 2.15 bits per heavy atom. The van der Waals surface area contributed by atoms with Crippen LogP contribution in [0.4, 0.5) is 5.82 Å². The zero-order valence-corrected chi connectivity index (χ0v) is 44.0. The second-order valence-corrected chi connectivity index (χ2v) is 21.3. The maximum atomic E-state index is 13.3. The number of carbonyl (C=O) groups excluding carboxylic acids is 2. The molecule has 23 heteroatoms. The SMILES string of the molecule is CCCCCCCC/C=C\C/C=C\C/C=C\CCCC(=O)O[C@@H]1COC(=O)C/C=C\C[C@H]2[C@H](n3ccc(N)nc3=O)O[C@H](COP(=O)(O)OP(=O)(O)OC1)[C@@H](O)[C@@H](O)[C@@H](C=C[C@H](O)CCCCC)[C@H](O)C[C@@H]2O. The summed E-state index contributed by atoms with van der Waals surface area (Å²) in [6, 6.07) is 1.22. The molecule has 9 N–H and O–H groups in total. The summed E-state index contributed by atoms with van der Waals surface area (Å²) in [5.74, 6) is -4.51. The first-order chi connectivity index (χ1) is 34.9. The van der Waals surface area contributed by atoms with Crippen molar-refractivity contribution in [2.24, 2.45) is 11.8 Å². The van der Waals surface area contributed by atoms with Crippen LogP contribution in [-0.4, -0.2) is 119 Å². The number of nitrogen functional groups attached to an aromatic ring is 1. The van der Waals surface area contributed by atoms with Gasteiger partial charge < -0.3 is 55.3 Å². The van der Waals surface area contributed by atoms with Crippen molar-refractivity contribution in [1.82, 2.24) is 9.55 Å². The Balaban J connectivity index is 1.80. The zero-order valence-electron chi connectivity index (χ0n) is 42.2. The summed E-state index contributed by atoms with van der Waals surface area (Å²) in [5.41, 5.74) is 4.72. The molecule has 2 aliphatic rings. The van der Waals surface area contributed by atoms with Crippen LogP contribution in [0.3, 0.4) is 0 Å². The summed E-state index contributed by atoms with van der Waals surface area (Å²) in [6.45, 7) is 1.34. The minimum atomic E-state index is -5.71. The maximum absolute atomic E-state index is 13.3. The first kappa shape index (κ1) is 63.6. The molecular weight excluding hydrogens is 993 g/mol. The van der Waals surface area contributed by atoms with Gasteiger partial charge in [0.15, 0.2) is 6.10 Å². The van der Waals surface area contributed by atoms with Gasteiger partial charge in [-0.2, -0.15) is 9.29 Å². The van der Waals surface area contributed by atoms with Crippen LogP contribution in [0.15, 0.2) is 77.8 Å². The molecule has 3 heterocycles. The Bertz CT molecular complexity index is 2080. The lowest BCUT2D eigenvalue weighted by Gasteiger charge is -2.40. The van der Waals surface area contributed by atoms with Crippen molar-refractivity contribution in [2.75, 3.05) is 25.6 Å². The van der Waals surface area contributed by atoms with E-state index in [-0.39, 0.29) is 18.7 Å². The Labute approximate surface area is 429 Å². The second-order valence-electron chi connectivity index (χ2n) is 18.3. The molecule has 2 bridgehead atoms. The number of anilines is 1. The molecule has 414 valence electrons. The molecule has 0 aliphatic carbocycles. The third-order valence-electron chi connectivity index (χ3n) is 12.2. The number of phosphoric ester groups is 2. The average Bonchev–Trinajstić information content (AvgIpc) is 3.33. The van der Waals surface area contributed by atoms with E-state index in [0.717, 1.165) is 36.4 Å². The van der Waals surface area contributed by atoms with Crippen molar-refractivity contribution in [3.05, 3.63) is 83.5 Å². The normalized spacial score (nSPS) is 30.5. The van der Waals surface area contributed by atoms with E-state index in [4.69, 9.17) is 29.0 Å². The van der Waals surface area contributed by atoms with Crippen molar-refractivity contribution in [2.45, 2.75) is 185 Å². The first-order valence-corrected chi connectivity index (χ1v) is 28.5. The first-order valence-electron chi connectivity index (χ1n) is 25.6. The van der Waals surface area contributed by atoms with Crippen LogP contribution in [0.25, 0.3) is 0 Å². The third-order valence-corrected chi connectivity index (χ3v) is 14.8. The second kappa shape index (κ2) is 34.8. The van der Waals surface area contributed by atoms with E-state index in [2.05, 4.69) is 40.5 Å². The number of fused-ring (bicyclic) bond motifs is 3. The zero-order chi connectivity index (χ0) is 53.7. The minimum Gasteiger partial charge on any atom is -0.461 e.